The zero-order valence-electron chi connectivity index (χ0n) is 10.2. The van der Waals surface area contributed by atoms with Gasteiger partial charge in [-0.05, 0) is 32.9 Å². The molecule has 2 unspecified atom stereocenters. The van der Waals surface area contributed by atoms with Gasteiger partial charge in [0, 0.05) is 5.75 Å². The topological polar surface area (TPSA) is 51.5 Å². The molecule has 0 aromatic carbocycles. The Kier molecular flexibility index (Phi) is 3.49. The number of carbonyl (C=O) groups is 1. The number of ether oxygens (including phenoxy) is 1. The molecule has 0 radical (unpaired) electrons. The molecule has 1 aromatic rings. The first-order chi connectivity index (χ1) is 7.96. The predicted octanol–water partition coefficient (Wildman–Crippen LogP) is 2.32. The van der Waals surface area contributed by atoms with Gasteiger partial charge in [0.05, 0.1) is 6.26 Å². The molecule has 2 heterocycles. The van der Waals surface area contributed by atoms with Crippen molar-refractivity contribution in [2.24, 2.45) is 0 Å². The van der Waals surface area contributed by atoms with E-state index in [0.717, 1.165) is 5.76 Å². The van der Waals surface area contributed by atoms with Crippen molar-refractivity contribution < 1.29 is 13.9 Å². The summed E-state index contributed by atoms with van der Waals surface area (Å²) in [5, 5.41) is 3.25. The van der Waals surface area contributed by atoms with Gasteiger partial charge in [0.15, 0.2) is 0 Å². The second-order valence-corrected chi connectivity index (χ2v) is 6.12. The maximum atomic E-state index is 11.8. The fourth-order valence-electron chi connectivity index (χ4n) is 1.59. The quantitative estimate of drug-likeness (QED) is 0.822. The fraction of sp³-hybridized carbons (Fsp3) is 0.583. The second kappa shape index (κ2) is 4.74. The standard InChI is InChI=1S/C12H17NO3S/c1-12(2,3)16-11(14)8-7-17-10(13-8)9-5-4-6-15-9/h4-6,8,10,13H,7H2,1-3H3. The van der Waals surface area contributed by atoms with Gasteiger partial charge in [-0.3, -0.25) is 10.1 Å². The van der Waals surface area contributed by atoms with Gasteiger partial charge in [-0.15, -0.1) is 11.8 Å². The Hall–Kier alpha value is -0.940. The van der Waals surface area contributed by atoms with Crippen LogP contribution in [0.15, 0.2) is 22.8 Å². The molecule has 0 saturated carbocycles. The van der Waals surface area contributed by atoms with Gasteiger partial charge in [-0.25, -0.2) is 0 Å². The average molecular weight is 255 g/mol. The van der Waals surface area contributed by atoms with Crippen molar-refractivity contribution in [1.29, 1.82) is 0 Å². The van der Waals surface area contributed by atoms with Crippen molar-refractivity contribution in [2.75, 3.05) is 5.75 Å². The Morgan fingerprint density at radius 3 is 2.94 bits per heavy atom. The summed E-state index contributed by atoms with van der Waals surface area (Å²) in [4.78, 5) is 11.8. The highest BCUT2D eigenvalue weighted by atomic mass is 32.2. The minimum Gasteiger partial charge on any atom is -0.467 e. The fourth-order valence-corrected chi connectivity index (χ4v) is 2.76. The summed E-state index contributed by atoms with van der Waals surface area (Å²) in [6.07, 6.45) is 1.64. The largest absolute Gasteiger partial charge is 0.467 e. The van der Waals surface area contributed by atoms with Crippen molar-refractivity contribution in [2.45, 2.75) is 37.8 Å². The van der Waals surface area contributed by atoms with Crippen LogP contribution in [0.1, 0.15) is 31.9 Å². The van der Waals surface area contributed by atoms with E-state index in [1.165, 1.54) is 0 Å². The molecule has 0 amide bonds. The SMILES string of the molecule is CC(C)(C)OC(=O)C1CSC(c2ccco2)N1. The molecule has 1 aliphatic heterocycles. The molecule has 0 aliphatic carbocycles. The summed E-state index contributed by atoms with van der Waals surface area (Å²) in [5.41, 5.74) is -0.438. The third-order valence-corrected chi connectivity index (χ3v) is 3.50. The maximum Gasteiger partial charge on any atom is 0.324 e. The summed E-state index contributed by atoms with van der Waals surface area (Å²) in [6, 6.07) is 3.50. The van der Waals surface area contributed by atoms with Gasteiger partial charge in [0.2, 0.25) is 0 Å². The van der Waals surface area contributed by atoms with Crippen LogP contribution in [-0.4, -0.2) is 23.4 Å². The number of thioether (sulfide) groups is 1. The normalized spacial score (nSPS) is 24.9. The highest BCUT2D eigenvalue weighted by molar-refractivity contribution is 7.99. The summed E-state index contributed by atoms with van der Waals surface area (Å²) >= 11 is 1.66. The molecule has 1 N–H and O–H groups in total. The highest BCUT2D eigenvalue weighted by Gasteiger charge is 2.34. The van der Waals surface area contributed by atoms with Crippen LogP contribution in [0.4, 0.5) is 0 Å². The smallest absolute Gasteiger partial charge is 0.324 e. The Balaban J connectivity index is 1.92. The molecule has 2 atom stereocenters. The summed E-state index contributed by atoms with van der Waals surface area (Å²) in [7, 11) is 0. The maximum absolute atomic E-state index is 11.8. The van der Waals surface area contributed by atoms with Crippen molar-refractivity contribution in [3.8, 4) is 0 Å². The van der Waals surface area contributed by atoms with E-state index in [2.05, 4.69) is 5.32 Å². The minimum absolute atomic E-state index is 0.0440. The average Bonchev–Trinajstić information content (AvgIpc) is 2.86. The van der Waals surface area contributed by atoms with Gasteiger partial charge < -0.3 is 9.15 Å². The first kappa shape index (κ1) is 12.5. The van der Waals surface area contributed by atoms with Crippen molar-refractivity contribution in [1.82, 2.24) is 5.32 Å². The zero-order valence-corrected chi connectivity index (χ0v) is 11.0. The third kappa shape index (κ3) is 3.26. The Morgan fingerprint density at radius 1 is 1.59 bits per heavy atom. The number of furan rings is 1. The van der Waals surface area contributed by atoms with E-state index in [0.29, 0.717) is 5.75 Å². The number of rotatable bonds is 2. The number of esters is 1. The van der Waals surface area contributed by atoms with E-state index < -0.39 is 5.60 Å². The van der Waals surface area contributed by atoms with Gasteiger partial charge >= 0.3 is 5.97 Å². The van der Waals surface area contributed by atoms with E-state index in [1.54, 1.807) is 18.0 Å². The van der Waals surface area contributed by atoms with Gasteiger partial charge in [0.25, 0.3) is 0 Å². The second-order valence-electron chi connectivity index (χ2n) is 4.98. The highest BCUT2D eigenvalue weighted by Crippen LogP contribution is 2.33. The van der Waals surface area contributed by atoms with E-state index in [-0.39, 0.29) is 17.4 Å². The van der Waals surface area contributed by atoms with Crippen LogP contribution in [-0.2, 0) is 9.53 Å². The summed E-state index contributed by atoms with van der Waals surface area (Å²) in [5.74, 6) is 1.36. The van der Waals surface area contributed by atoms with Crippen molar-refractivity contribution in [3.63, 3.8) is 0 Å². The Bertz CT molecular complexity index is 383. The molecule has 94 valence electrons. The lowest BCUT2D eigenvalue weighted by Gasteiger charge is -2.22. The number of hydrogen-bond donors (Lipinski definition) is 1. The minimum atomic E-state index is -0.438. The lowest BCUT2D eigenvalue weighted by Crippen LogP contribution is -2.39. The monoisotopic (exact) mass is 255 g/mol. The molecule has 0 spiro atoms. The Morgan fingerprint density at radius 2 is 2.35 bits per heavy atom. The first-order valence-electron chi connectivity index (χ1n) is 5.59. The van der Waals surface area contributed by atoms with E-state index in [9.17, 15) is 4.79 Å². The van der Waals surface area contributed by atoms with Crippen LogP contribution < -0.4 is 5.32 Å². The molecule has 1 saturated heterocycles. The van der Waals surface area contributed by atoms with E-state index >= 15 is 0 Å². The van der Waals surface area contributed by atoms with Gasteiger partial charge in [0.1, 0.15) is 22.8 Å². The molecule has 4 nitrogen and oxygen atoms in total. The number of nitrogens with one attached hydrogen (secondary N) is 1. The number of hydrogen-bond acceptors (Lipinski definition) is 5. The molecule has 1 aromatic heterocycles. The van der Waals surface area contributed by atoms with Crippen LogP contribution in [0.2, 0.25) is 0 Å². The van der Waals surface area contributed by atoms with Crippen LogP contribution in [0, 0.1) is 0 Å². The lowest BCUT2D eigenvalue weighted by molar-refractivity contribution is -0.156. The van der Waals surface area contributed by atoms with E-state index in [4.69, 9.17) is 9.15 Å². The van der Waals surface area contributed by atoms with Crippen LogP contribution in [0.25, 0.3) is 0 Å². The van der Waals surface area contributed by atoms with Crippen molar-refractivity contribution in [3.05, 3.63) is 24.2 Å². The molecular weight excluding hydrogens is 238 g/mol. The van der Waals surface area contributed by atoms with Crippen LogP contribution in [0.5, 0.6) is 0 Å². The van der Waals surface area contributed by atoms with Crippen LogP contribution >= 0.6 is 11.8 Å². The first-order valence-corrected chi connectivity index (χ1v) is 6.64. The van der Waals surface area contributed by atoms with E-state index in [1.807, 2.05) is 32.9 Å². The molecule has 2 rings (SSSR count). The lowest BCUT2D eigenvalue weighted by atomic mass is 10.2. The molecular formula is C12H17NO3S. The molecule has 17 heavy (non-hydrogen) atoms. The Labute approximate surface area is 105 Å². The predicted molar refractivity (Wildman–Crippen MR) is 66.7 cm³/mol. The molecule has 5 heteroatoms. The molecule has 1 fully saturated rings. The van der Waals surface area contributed by atoms with Gasteiger partial charge in [-0.2, -0.15) is 0 Å². The summed E-state index contributed by atoms with van der Waals surface area (Å²) in [6.45, 7) is 5.62. The molecule has 1 aliphatic rings. The third-order valence-electron chi connectivity index (χ3n) is 2.28. The zero-order chi connectivity index (χ0) is 12.5. The summed E-state index contributed by atoms with van der Waals surface area (Å²) < 4.78 is 10.7. The molecule has 0 bridgehead atoms. The number of carbonyl (C=O) groups excluding carboxylic acids is 1. The van der Waals surface area contributed by atoms with Crippen molar-refractivity contribution >= 4 is 17.7 Å². The van der Waals surface area contributed by atoms with Gasteiger partial charge in [-0.1, -0.05) is 0 Å². The van der Waals surface area contributed by atoms with Crippen LogP contribution in [0.3, 0.4) is 0 Å².